The first-order valence-corrected chi connectivity index (χ1v) is 4.61. The molecule has 1 heterocycles. The molecule has 0 aliphatic carbocycles. The molecular formula is C10H10F3NO. The van der Waals surface area contributed by atoms with Crippen LogP contribution in [-0.2, 0) is 6.18 Å². The monoisotopic (exact) mass is 217 g/mol. The second-order valence-electron chi connectivity index (χ2n) is 3.53. The highest BCUT2D eigenvalue weighted by molar-refractivity contribution is 5.55. The molecule has 2 nitrogen and oxygen atoms in total. The van der Waals surface area contributed by atoms with Crippen LogP contribution in [0.4, 0.5) is 18.9 Å². The Labute approximate surface area is 84.7 Å². The van der Waals surface area contributed by atoms with Crippen molar-refractivity contribution in [2.45, 2.75) is 18.7 Å². The Bertz CT molecular complexity index is 375. The van der Waals surface area contributed by atoms with Gasteiger partial charge in [0.15, 0.2) is 0 Å². The normalized spacial score (nSPS) is 20.7. The van der Waals surface area contributed by atoms with Gasteiger partial charge in [-0.1, -0.05) is 0 Å². The van der Waals surface area contributed by atoms with Crippen LogP contribution in [0, 0.1) is 0 Å². The van der Waals surface area contributed by atoms with Gasteiger partial charge in [0.1, 0.15) is 0 Å². The third-order valence-corrected chi connectivity index (χ3v) is 2.47. The van der Waals surface area contributed by atoms with E-state index in [1.54, 1.807) is 0 Å². The van der Waals surface area contributed by atoms with Crippen LogP contribution in [0.5, 0.6) is 0 Å². The Morgan fingerprint density at radius 3 is 2.73 bits per heavy atom. The van der Waals surface area contributed by atoms with Crippen molar-refractivity contribution in [2.75, 3.05) is 11.9 Å². The Morgan fingerprint density at radius 1 is 1.33 bits per heavy atom. The molecule has 0 aromatic heterocycles. The Kier molecular flexibility index (Phi) is 2.34. The SMILES string of the molecule is OC1CCNc2ccc(C(F)(F)F)cc21. The van der Waals surface area contributed by atoms with Crippen LogP contribution in [0.25, 0.3) is 0 Å². The number of rotatable bonds is 0. The number of alkyl halides is 3. The predicted octanol–water partition coefficient (Wildman–Crippen LogP) is 2.55. The second kappa shape index (κ2) is 3.41. The molecule has 1 atom stereocenters. The number of aliphatic hydroxyl groups excluding tert-OH is 1. The summed E-state index contributed by atoms with van der Waals surface area (Å²) in [7, 11) is 0. The van der Waals surface area contributed by atoms with E-state index in [1.807, 2.05) is 0 Å². The lowest BCUT2D eigenvalue weighted by Crippen LogP contribution is -2.17. The lowest BCUT2D eigenvalue weighted by atomic mass is 9.98. The first-order valence-electron chi connectivity index (χ1n) is 4.61. The molecule has 1 unspecified atom stereocenters. The highest BCUT2D eigenvalue weighted by atomic mass is 19.4. The summed E-state index contributed by atoms with van der Waals surface area (Å²) in [4.78, 5) is 0. The van der Waals surface area contributed by atoms with Crippen molar-refractivity contribution in [1.29, 1.82) is 0 Å². The van der Waals surface area contributed by atoms with E-state index in [9.17, 15) is 18.3 Å². The van der Waals surface area contributed by atoms with Gasteiger partial charge in [-0.25, -0.2) is 0 Å². The highest BCUT2D eigenvalue weighted by Gasteiger charge is 2.32. The fourth-order valence-corrected chi connectivity index (χ4v) is 1.67. The van der Waals surface area contributed by atoms with Crippen molar-refractivity contribution in [2.24, 2.45) is 0 Å². The zero-order valence-corrected chi connectivity index (χ0v) is 7.80. The summed E-state index contributed by atoms with van der Waals surface area (Å²) in [5.74, 6) is 0. The fourth-order valence-electron chi connectivity index (χ4n) is 1.67. The third kappa shape index (κ3) is 1.92. The zero-order valence-electron chi connectivity index (χ0n) is 7.80. The number of nitrogens with one attached hydrogen (secondary N) is 1. The summed E-state index contributed by atoms with van der Waals surface area (Å²) in [5, 5.41) is 12.5. The number of aliphatic hydroxyl groups is 1. The maximum atomic E-state index is 12.4. The number of hydrogen-bond donors (Lipinski definition) is 2. The predicted molar refractivity (Wildman–Crippen MR) is 49.5 cm³/mol. The minimum Gasteiger partial charge on any atom is -0.388 e. The molecule has 0 radical (unpaired) electrons. The molecule has 15 heavy (non-hydrogen) atoms. The van der Waals surface area contributed by atoms with E-state index in [1.165, 1.54) is 6.07 Å². The molecule has 1 aromatic carbocycles. The van der Waals surface area contributed by atoms with E-state index in [2.05, 4.69) is 5.32 Å². The maximum absolute atomic E-state index is 12.4. The van der Waals surface area contributed by atoms with Gasteiger partial charge in [0.05, 0.1) is 11.7 Å². The van der Waals surface area contributed by atoms with Gasteiger partial charge in [0.2, 0.25) is 0 Å². The number of benzene rings is 1. The molecule has 1 aromatic rings. The van der Waals surface area contributed by atoms with E-state index < -0.39 is 17.8 Å². The third-order valence-electron chi connectivity index (χ3n) is 2.47. The molecule has 0 bridgehead atoms. The topological polar surface area (TPSA) is 32.3 Å². The van der Waals surface area contributed by atoms with Gasteiger partial charge in [-0.05, 0) is 24.6 Å². The summed E-state index contributed by atoms with van der Waals surface area (Å²) >= 11 is 0. The van der Waals surface area contributed by atoms with Crippen molar-refractivity contribution < 1.29 is 18.3 Å². The number of fused-ring (bicyclic) bond motifs is 1. The molecule has 82 valence electrons. The maximum Gasteiger partial charge on any atom is 0.416 e. The Hall–Kier alpha value is -1.23. The average Bonchev–Trinajstić information content (AvgIpc) is 2.16. The molecule has 0 saturated heterocycles. The second-order valence-corrected chi connectivity index (χ2v) is 3.53. The largest absolute Gasteiger partial charge is 0.416 e. The molecule has 5 heteroatoms. The van der Waals surface area contributed by atoms with E-state index in [0.717, 1.165) is 12.1 Å². The minimum absolute atomic E-state index is 0.330. The Balaban J connectivity index is 2.44. The van der Waals surface area contributed by atoms with Crippen molar-refractivity contribution in [1.82, 2.24) is 0 Å². The standard InChI is InChI=1S/C10H10F3NO/c11-10(12,13)6-1-2-8-7(5-6)9(15)3-4-14-8/h1-2,5,9,14-15H,3-4H2. The molecule has 2 rings (SSSR count). The van der Waals surface area contributed by atoms with Crippen LogP contribution in [0.3, 0.4) is 0 Å². The van der Waals surface area contributed by atoms with Gasteiger partial charge in [0.25, 0.3) is 0 Å². The highest BCUT2D eigenvalue weighted by Crippen LogP contribution is 2.36. The van der Waals surface area contributed by atoms with E-state index >= 15 is 0 Å². The molecule has 1 aliphatic heterocycles. The molecule has 0 fully saturated rings. The summed E-state index contributed by atoms with van der Waals surface area (Å²) in [6, 6.07) is 3.39. The van der Waals surface area contributed by atoms with Gasteiger partial charge < -0.3 is 10.4 Å². The van der Waals surface area contributed by atoms with E-state index in [-0.39, 0.29) is 0 Å². The molecule has 2 N–H and O–H groups in total. The van der Waals surface area contributed by atoms with E-state index in [0.29, 0.717) is 24.2 Å². The Morgan fingerprint density at radius 2 is 2.07 bits per heavy atom. The van der Waals surface area contributed by atoms with Crippen LogP contribution in [0.15, 0.2) is 18.2 Å². The lowest BCUT2D eigenvalue weighted by molar-refractivity contribution is -0.137. The van der Waals surface area contributed by atoms with Gasteiger partial charge in [0, 0.05) is 17.8 Å². The summed E-state index contributed by atoms with van der Waals surface area (Å²) in [6.07, 6.45) is -4.72. The van der Waals surface area contributed by atoms with Gasteiger partial charge in [-0.3, -0.25) is 0 Å². The molecular weight excluding hydrogens is 207 g/mol. The fraction of sp³-hybridized carbons (Fsp3) is 0.400. The first-order chi connectivity index (χ1) is 6.98. The average molecular weight is 217 g/mol. The summed E-state index contributed by atoms with van der Waals surface area (Å²) in [6.45, 7) is 0.583. The van der Waals surface area contributed by atoms with Gasteiger partial charge in [-0.15, -0.1) is 0 Å². The zero-order chi connectivity index (χ0) is 11.1. The van der Waals surface area contributed by atoms with Crippen molar-refractivity contribution in [3.8, 4) is 0 Å². The number of hydrogen-bond acceptors (Lipinski definition) is 2. The summed E-state index contributed by atoms with van der Waals surface area (Å²) in [5.41, 5.74) is 0.196. The van der Waals surface area contributed by atoms with Crippen LogP contribution < -0.4 is 5.32 Å². The van der Waals surface area contributed by atoms with Gasteiger partial charge >= 0.3 is 6.18 Å². The van der Waals surface area contributed by atoms with Crippen molar-refractivity contribution in [3.05, 3.63) is 29.3 Å². The molecule has 0 amide bonds. The van der Waals surface area contributed by atoms with Crippen LogP contribution in [0.1, 0.15) is 23.7 Å². The number of anilines is 1. The lowest BCUT2D eigenvalue weighted by Gasteiger charge is -2.23. The number of halogens is 3. The summed E-state index contributed by atoms with van der Waals surface area (Å²) < 4.78 is 37.1. The van der Waals surface area contributed by atoms with Crippen LogP contribution in [-0.4, -0.2) is 11.7 Å². The first kappa shape index (κ1) is 10.3. The minimum atomic E-state index is -4.35. The van der Waals surface area contributed by atoms with Crippen LogP contribution >= 0.6 is 0 Å². The molecule has 1 aliphatic rings. The van der Waals surface area contributed by atoms with Gasteiger partial charge in [-0.2, -0.15) is 13.2 Å². The smallest absolute Gasteiger partial charge is 0.388 e. The molecule has 0 saturated carbocycles. The van der Waals surface area contributed by atoms with Crippen molar-refractivity contribution in [3.63, 3.8) is 0 Å². The van der Waals surface area contributed by atoms with E-state index in [4.69, 9.17) is 0 Å². The van der Waals surface area contributed by atoms with Crippen molar-refractivity contribution >= 4 is 5.69 Å². The molecule has 0 spiro atoms. The quantitative estimate of drug-likeness (QED) is 0.700. The van der Waals surface area contributed by atoms with Crippen LogP contribution in [0.2, 0.25) is 0 Å².